The average molecular weight is 558 g/mol. The monoisotopic (exact) mass is 556 g/mol. The van der Waals surface area contributed by atoms with Gasteiger partial charge in [-0.2, -0.15) is 11.8 Å². The first-order valence-electron chi connectivity index (χ1n) is 10.3. The normalized spacial score (nSPS) is 11.3. The van der Waals surface area contributed by atoms with E-state index in [1.165, 1.54) is 12.1 Å². The first-order valence-corrected chi connectivity index (χ1v) is 14.0. The highest BCUT2D eigenvalue weighted by atomic mass is 35.5. The molecule has 0 heterocycles. The largest absolute Gasteiger partial charge is 0.354 e. The van der Waals surface area contributed by atoms with Crippen molar-refractivity contribution in [3.8, 4) is 0 Å². The highest BCUT2D eigenvalue weighted by molar-refractivity contribution is 7.98. The Kier molecular flexibility index (Phi) is 9.56. The number of aryl methyl sites for hydroxylation is 1. The van der Waals surface area contributed by atoms with Crippen molar-refractivity contribution < 1.29 is 13.2 Å². The van der Waals surface area contributed by atoms with Crippen molar-refractivity contribution in [1.29, 1.82) is 0 Å². The van der Waals surface area contributed by atoms with Gasteiger partial charge >= 0.3 is 0 Å². The second-order valence-electron chi connectivity index (χ2n) is 7.36. The number of benzene rings is 3. The van der Waals surface area contributed by atoms with Gasteiger partial charge in [0.2, 0.25) is 5.91 Å². The van der Waals surface area contributed by atoms with E-state index in [2.05, 4.69) is 5.32 Å². The van der Waals surface area contributed by atoms with Gasteiger partial charge < -0.3 is 5.32 Å². The van der Waals surface area contributed by atoms with Crippen LogP contribution in [0.3, 0.4) is 0 Å². The van der Waals surface area contributed by atoms with Gasteiger partial charge in [0.1, 0.15) is 6.54 Å². The fourth-order valence-corrected chi connectivity index (χ4v) is 6.42. The van der Waals surface area contributed by atoms with E-state index < -0.39 is 15.9 Å². The van der Waals surface area contributed by atoms with E-state index >= 15 is 0 Å². The Hall–Kier alpha value is -1.90. The first-order chi connectivity index (χ1) is 16.2. The van der Waals surface area contributed by atoms with Crippen LogP contribution in [0.4, 0.5) is 5.69 Å². The average Bonchev–Trinajstić information content (AvgIpc) is 2.81. The molecule has 10 heteroatoms. The van der Waals surface area contributed by atoms with E-state index in [-0.39, 0.29) is 11.4 Å². The molecule has 0 aliphatic heterocycles. The van der Waals surface area contributed by atoms with Gasteiger partial charge in [-0.1, -0.05) is 65.1 Å². The van der Waals surface area contributed by atoms with Crippen molar-refractivity contribution in [3.05, 3.63) is 92.9 Å². The zero-order valence-corrected chi connectivity index (χ0v) is 22.2. The second kappa shape index (κ2) is 12.2. The third-order valence-electron chi connectivity index (χ3n) is 4.93. The van der Waals surface area contributed by atoms with Crippen molar-refractivity contribution in [1.82, 2.24) is 5.32 Å². The Balaban J connectivity index is 1.68. The number of nitrogens with zero attached hydrogens (tertiary/aromatic N) is 1. The van der Waals surface area contributed by atoms with E-state index in [0.29, 0.717) is 44.4 Å². The minimum absolute atomic E-state index is 0.0920. The molecule has 1 amide bonds. The van der Waals surface area contributed by atoms with Gasteiger partial charge in [-0.15, -0.1) is 0 Å². The summed E-state index contributed by atoms with van der Waals surface area (Å²) in [6.07, 6.45) is 0. The van der Waals surface area contributed by atoms with Crippen LogP contribution in [0.1, 0.15) is 11.1 Å². The maximum atomic E-state index is 13.4. The summed E-state index contributed by atoms with van der Waals surface area (Å²) in [5, 5.41) is 4.37. The van der Waals surface area contributed by atoms with Crippen LogP contribution in [-0.4, -0.2) is 33.2 Å². The Morgan fingerprint density at radius 1 is 0.971 bits per heavy atom. The number of thioether (sulfide) groups is 1. The smallest absolute Gasteiger partial charge is 0.264 e. The van der Waals surface area contributed by atoms with Gasteiger partial charge in [-0.25, -0.2) is 8.42 Å². The summed E-state index contributed by atoms with van der Waals surface area (Å²) in [5.74, 6) is 0.787. The van der Waals surface area contributed by atoms with Crippen LogP contribution >= 0.6 is 46.6 Å². The molecule has 0 radical (unpaired) electrons. The van der Waals surface area contributed by atoms with Crippen molar-refractivity contribution >= 4 is 68.2 Å². The maximum absolute atomic E-state index is 13.4. The number of halogens is 3. The van der Waals surface area contributed by atoms with Gasteiger partial charge in [-0.3, -0.25) is 9.10 Å². The number of carbonyl (C=O) groups excluding carboxylic acids is 1. The molecule has 0 aliphatic rings. The Morgan fingerprint density at radius 2 is 1.65 bits per heavy atom. The lowest BCUT2D eigenvalue weighted by Crippen LogP contribution is -2.41. The lowest BCUT2D eigenvalue weighted by Gasteiger charge is -2.25. The number of nitrogens with one attached hydrogen (secondary N) is 1. The molecule has 0 saturated heterocycles. The molecule has 3 rings (SSSR count). The van der Waals surface area contributed by atoms with Crippen LogP contribution in [0, 0.1) is 6.92 Å². The van der Waals surface area contributed by atoms with Crippen LogP contribution in [0.15, 0.2) is 71.6 Å². The van der Waals surface area contributed by atoms with Crippen molar-refractivity contribution in [3.63, 3.8) is 0 Å². The molecule has 0 saturated carbocycles. The fraction of sp³-hybridized carbons (Fsp3) is 0.208. The molecule has 0 spiro atoms. The Bertz CT molecular complexity index is 1240. The number of rotatable bonds is 10. The standard InChI is InChI=1S/C24H23Cl3N2O3S2/c1-17-10-11-18(25)14-23(17)29(34(31,32)19-6-3-2-4-7-19)15-24(30)28-12-13-33-16-20-21(26)8-5-9-22(20)27/h2-11,14H,12-13,15-16H2,1H3,(H,28,30). The Morgan fingerprint density at radius 3 is 2.32 bits per heavy atom. The molecule has 180 valence electrons. The van der Waals surface area contributed by atoms with E-state index in [9.17, 15) is 13.2 Å². The topological polar surface area (TPSA) is 66.5 Å². The molecule has 34 heavy (non-hydrogen) atoms. The molecule has 5 nitrogen and oxygen atoms in total. The quantitative estimate of drug-likeness (QED) is 0.301. The molecular formula is C24H23Cl3N2O3S2. The fourth-order valence-electron chi connectivity index (χ4n) is 3.16. The molecular weight excluding hydrogens is 535 g/mol. The van der Waals surface area contributed by atoms with E-state index in [4.69, 9.17) is 34.8 Å². The van der Waals surface area contributed by atoms with Crippen molar-refractivity contribution in [2.45, 2.75) is 17.6 Å². The first kappa shape index (κ1) is 26.7. The zero-order chi connectivity index (χ0) is 24.7. The summed E-state index contributed by atoms with van der Waals surface area (Å²) in [4.78, 5) is 12.8. The highest BCUT2D eigenvalue weighted by Crippen LogP contribution is 2.30. The van der Waals surface area contributed by atoms with Crippen molar-refractivity contribution in [2.75, 3.05) is 23.1 Å². The summed E-state index contributed by atoms with van der Waals surface area (Å²) in [6, 6.07) is 18.3. The molecule has 3 aromatic carbocycles. The lowest BCUT2D eigenvalue weighted by atomic mass is 10.2. The third-order valence-corrected chi connectivity index (χ3v) is 8.64. The SMILES string of the molecule is Cc1ccc(Cl)cc1N(CC(=O)NCCSCc1c(Cl)cccc1Cl)S(=O)(=O)c1ccccc1. The molecule has 0 aromatic heterocycles. The third kappa shape index (κ3) is 6.83. The molecule has 0 bridgehead atoms. The van der Waals surface area contributed by atoms with Crippen molar-refractivity contribution in [2.24, 2.45) is 0 Å². The number of hydrogen-bond acceptors (Lipinski definition) is 4. The number of amides is 1. The Labute approximate surface area is 219 Å². The summed E-state index contributed by atoms with van der Waals surface area (Å²) >= 11 is 20.1. The molecule has 0 aliphatic carbocycles. The van der Waals surface area contributed by atoms with Gasteiger partial charge in [-0.05, 0) is 54.4 Å². The lowest BCUT2D eigenvalue weighted by molar-refractivity contribution is -0.119. The number of hydrogen-bond donors (Lipinski definition) is 1. The maximum Gasteiger partial charge on any atom is 0.264 e. The number of sulfonamides is 1. The second-order valence-corrected chi connectivity index (χ2v) is 11.6. The van der Waals surface area contributed by atoms with E-state index in [1.54, 1.807) is 73.3 Å². The van der Waals surface area contributed by atoms with Crippen LogP contribution in [-0.2, 0) is 20.6 Å². The van der Waals surface area contributed by atoms with Gasteiger partial charge in [0.05, 0.1) is 10.6 Å². The summed E-state index contributed by atoms with van der Waals surface area (Å²) < 4.78 is 27.9. The molecule has 0 fully saturated rings. The highest BCUT2D eigenvalue weighted by Gasteiger charge is 2.28. The van der Waals surface area contributed by atoms with Crippen LogP contribution in [0.25, 0.3) is 0 Å². The minimum atomic E-state index is -3.99. The minimum Gasteiger partial charge on any atom is -0.354 e. The zero-order valence-electron chi connectivity index (χ0n) is 18.3. The van der Waals surface area contributed by atoms with Crippen LogP contribution in [0.5, 0.6) is 0 Å². The predicted molar refractivity (Wildman–Crippen MR) is 143 cm³/mol. The molecule has 0 unspecified atom stereocenters. The summed E-state index contributed by atoms with van der Waals surface area (Å²) in [5.41, 5.74) is 1.89. The van der Waals surface area contributed by atoms with E-state index in [0.717, 1.165) is 9.87 Å². The predicted octanol–water partition coefficient (Wildman–Crippen LogP) is 6.20. The van der Waals surface area contributed by atoms with Gasteiger partial charge in [0, 0.05) is 33.1 Å². The van der Waals surface area contributed by atoms with Crippen LogP contribution < -0.4 is 9.62 Å². The van der Waals surface area contributed by atoms with Gasteiger partial charge in [0.15, 0.2) is 0 Å². The van der Waals surface area contributed by atoms with Crippen LogP contribution in [0.2, 0.25) is 15.1 Å². The van der Waals surface area contributed by atoms with E-state index in [1.807, 2.05) is 0 Å². The number of anilines is 1. The molecule has 3 aromatic rings. The molecule has 0 atom stereocenters. The number of carbonyl (C=O) groups is 1. The molecule has 1 N–H and O–H groups in total. The van der Waals surface area contributed by atoms with Gasteiger partial charge in [0.25, 0.3) is 10.0 Å². The summed E-state index contributed by atoms with van der Waals surface area (Å²) in [6.45, 7) is 1.76. The summed E-state index contributed by atoms with van der Waals surface area (Å²) in [7, 11) is -3.99.